The minimum absolute atomic E-state index is 0.0214. The Kier molecular flexibility index (Phi) is 5.77. The number of nitrogen functional groups attached to an aromatic ring is 1. The van der Waals surface area contributed by atoms with Gasteiger partial charge in [-0.1, -0.05) is 48.9 Å². The van der Waals surface area contributed by atoms with Crippen molar-refractivity contribution in [3.8, 4) is 0 Å². The van der Waals surface area contributed by atoms with Gasteiger partial charge < -0.3 is 5.73 Å². The van der Waals surface area contributed by atoms with Gasteiger partial charge in [-0.3, -0.25) is 0 Å². The molecule has 0 atom stereocenters. The second-order valence-electron chi connectivity index (χ2n) is 5.46. The van der Waals surface area contributed by atoms with Crippen molar-refractivity contribution >= 4 is 38.9 Å². The molecule has 3 N–H and O–H groups in total. The fourth-order valence-electron chi connectivity index (χ4n) is 2.73. The number of nitrogens with two attached hydrogens (primary N) is 1. The molecule has 1 aromatic carbocycles. The highest BCUT2D eigenvalue weighted by atomic mass is 35.5. The molecular weight excluding hydrogens is 331 g/mol. The lowest BCUT2D eigenvalue weighted by Crippen LogP contribution is -2.25. The number of hydrogen-bond donors (Lipinski definition) is 2. The van der Waals surface area contributed by atoms with Crippen LogP contribution in [0.25, 0.3) is 0 Å². The zero-order valence-corrected chi connectivity index (χ0v) is 14.1. The molecule has 4 nitrogen and oxygen atoms in total. The molecule has 21 heavy (non-hydrogen) atoms. The van der Waals surface area contributed by atoms with Crippen molar-refractivity contribution in [3.63, 3.8) is 0 Å². The second-order valence-corrected chi connectivity index (χ2v) is 7.98. The highest BCUT2D eigenvalue weighted by Crippen LogP contribution is 2.33. The van der Waals surface area contributed by atoms with Crippen LogP contribution in [-0.4, -0.2) is 15.0 Å². The van der Waals surface area contributed by atoms with Gasteiger partial charge in [-0.05, 0) is 30.9 Å². The molecule has 0 spiro atoms. The van der Waals surface area contributed by atoms with Crippen molar-refractivity contribution in [2.24, 2.45) is 5.92 Å². The Morgan fingerprint density at radius 2 is 1.90 bits per heavy atom. The van der Waals surface area contributed by atoms with Crippen LogP contribution in [0.1, 0.15) is 38.5 Å². The highest BCUT2D eigenvalue weighted by Gasteiger charge is 2.21. The maximum Gasteiger partial charge on any atom is 0.242 e. The Bertz CT molecular complexity index is 599. The van der Waals surface area contributed by atoms with Gasteiger partial charge in [0.25, 0.3) is 0 Å². The summed E-state index contributed by atoms with van der Waals surface area (Å²) in [4.78, 5) is -0.0214. The molecule has 2 rings (SSSR count). The minimum atomic E-state index is -3.65. The van der Waals surface area contributed by atoms with Gasteiger partial charge in [-0.2, -0.15) is 0 Å². The monoisotopic (exact) mass is 350 g/mol. The normalized spacial score (nSPS) is 16.5. The van der Waals surface area contributed by atoms with E-state index < -0.39 is 10.0 Å². The smallest absolute Gasteiger partial charge is 0.242 e. The van der Waals surface area contributed by atoms with E-state index in [1.165, 1.54) is 37.8 Å². The summed E-state index contributed by atoms with van der Waals surface area (Å²) in [6, 6.07) is 2.82. The third-order valence-corrected chi connectivity index (χ3v) is 6.29. The molecule has 0 aliphatic heterocycles. The van der Waals surface area contributed by atoms with Crippen LogP contribution >= 0.6 is 23.2 Å². The second kappa shape index (κ2) is 7.18. The summed E-state index contributed by atoms with van der Waals surface area (Å²) < 4.78 is 27.0. The van der Waals surface area contributed by atoms with E-state index in [0.717, 1.165) is 18.8 Å². The van der Waals surface area contributed by atoms with E-state index in [2.05, 4.69) is 4.72 Å². The summed E-state index contributed by atoms with van der Waals surface area (Å²) in [6.07, 6.45) is 7.05. The number of anilines is 1. The Labute approximate surface area is 136 Å². The van der Waals surface area contributed by atoms with Crippen LogP contribution in [-0.2, 0) is 10.0 Å². The summed E-state index contributed by atoms with van der Waals surface area (Å²) in [7, 11) is -3.65. The molecule has 0 amide bonds. The number of benzene rings is 1. The standard InChI is InChI=1S/C14H20Cl2N2O2S/c15-11-7-8-12(13(16)14(11)17)21(19,20)18-9-3-6-10-4-1-2-5-10/h7-8,10,18H,1-6,9,17H2. The molecule has 1 aliphatic carbocycles. The molecule has 1 aromatic rings. The van der Waals surface area contributed by atoms with Crippen LogP contribution < -0.4 is 10.5 Å². The van der Waals surface area contributed by atoms with Crippen LogP contribution in [0.3, 0.4) is 0 Å². The van der Waals surface area contributed by atoms with Gasteiger partial charge in [-0.15, -0.1) is 0 Å². The van der Waals surface area contributed by atoms with Gasteiger partial charge in [0.05, 0.1) is 15.7 Å². The average molecular weight is 351 g/mol. The Morgan fingerprint density at radius 3 is 2.57 bits per heavy atom. The number of nitrogens with one attached hydrogen (secondary N) is 1. The van der Waals surface area contributed by atoms with Crippen LogP contribution in [0.15, 0.2) is 17.0 Å². The third-order valence-electron chi connectivity index (χ3n) is 3.94. The van der Waals surface area contributed by atoms with Crippen molar-refractivity contribution in [3.05, 3.63) is 22.2 Å². The Morgan fingerprint density at radius 1 is 1.24 bits per heavy atom. The van der Waals surface area contributed by atoms with E-state index >= 15 is 0 Å². The molecule has 118 valence electrons. The quantitative estimate of drug-likeness (QED) is 0.604. The van der Waals surface area contributed by atoms with Gasteiger partial charge in [0.1, 0.15) is 4.90 Å². The zero-order chi connectivity index (χ0) is 15.5. The molecule has 0 unspecified atom stereocenters. The molecule has 0 radical (unpaired) electrons. The van der Waals surface area contributed by atoms with Crippen molar-refractivity contribution in [1.29, 1.82) is 0 Å². The third kappa shape index (κ3) is 4.25. The maximum atomic E-state index is 12.2. The number of hydrogen-bond acceptors (Lipinski definition) is 3. The van der Waals surface area contributed by atoms with E-state index in [1.54, 1.807) is 0 Å². The SMILES string of the molecule is Nc1c(Cl)ccc(S(=O)(=O)NCCCC2CCCC2)c1Cl. The fourth-order valence-corrected chi connectivity index (χ4v) is 4.57. The van der Waals surface area contributed by atoms with Gasteiger partial charge in [0, 0.05) is 6.54 Å². The lowest BCUT2D eigenvalue weighted by Gasteiger charge is -2.12. The van der Waals surface area contributed by atoms with E-state index in [0.29, 0.717) is 6.54 Å². The first-order valence-corrected chi connectivity index (χ1v) is 9.39. The largest absolute Gasteiger partial charge is 0.396 e. The molecule has 0 saturated heterocycles. The average Bonchev–Trinajstić information content (AvgIpc) is 2.94. The predicted molar refractivity (Wildman–Crippen MR) is 87.3 cm³/mol. The van der Waals surface area contributed by atoms with E-state index in [9.17, 15) is 8.42 Å². The first-order chi connectivity index (χ1) is 9.92. The molecule has 1 aliphatic rings. The Balaban J connectivity index is 1.93. The summed E-state index contributed by atoms with van der Waals surface area (Å²) in [5, 5.41) is 0.228. The van der Waals surface area contributed by atoms with E-state index in [1.807, 2.05) is 0 Å². The summed E-state index contributed by atoms with van der Waals surface area (Å²) in [5.41, 5.74) is 5.75. The van der Waals surface area contributed by atoms with Crippen molar-refractivity contribution in [1.82, 2.24) is 4.72 Å². The van der Waals surface area contributed by atoms with Gasteiger partial charge >= 0.3 is 0 Å². The Hall–Kier alpha value is -0.490. The number of sulfonamides is 1. The molecule has 0 bridgehead atoms. The number of halogens is 2. The van der Waals surface area contributed by atoms with Gasteiger partial charge in [0.2, 0.25) is 10.0 Å². The molecule has 0 heterocycles. The molecule has 7 heteroatoms. The first-order valence-electron chi connectivity index (χ1n) is 7.15. The topological polar surface area (TPSA) is 72.2 Å². The molecule has 0 aromatic heterocycles. The summed E-state index contributed by atoms with van der Waals surface area (Å²) in [5.74, 6) is 0.754. The zero-order valence-electron chi connectivity index (χ0n) is 11.7. The van der Waals surface area contributed by atoms with E-state index in [4.69, 9.17) is 28.9 Å². The van der Waals surface area contributed by atoms with Gasteiger partial charge in [0.15, 0.2) is 0 Å². The van der Waals surface area contributed by atoms with Crippen molar-refractivity contribution in [2.45, 2.75) is 43.4 Å². The molecular formula is C14H20Cl2N2O2S. The van der Waals surface area contributed by atoms with Crippen LogP contribution in [0.4, 0.5) is 5.69 Å². The van der Waals surface area contributed by atoms with Crippen LogP contribution in [0, 0.1) is 5.92 Å². The lowest BCUT2D eigenvalue weighted by atomic mass is 10.0. The van der Waals surface area contributed by atoms with Crippen molar-refractivity contribution < 1.29 is 8.42 Å². The summed E-state index contributed by atoms with van der Waals surface area (Å²) >= 11 is 11.8. The van der Waals surface area contributed by atoms with Gasteiger partial charge in [-0.25, -0.2) is 13.1 Å². The maximum absolute atomic E-state index is 12.2. The molecule has 1 fully saturated rings. The van der Waals surface area contributed by atoms with Crippen LogP contribution in [0.2, 0.25) is 10.0 Å². The predicted octanol–water partition coefficient (Wildman–Crippen LogP) is 3.82. The number of rotatable bonds is 6. The van der Waals surface area contributed by atoms with Crippen LogP contribution in [0.5, 0.6) is 0 Å². The summed E-state index contributed by atoms with van der Waals surface area (Å²) in [6.45, 7) is 0.414. The molecule has 1 saturated carbocycles. The van der Waals surface area contributed by atoms with Crippen molar-refractivity contribution in [2.75, 3.05) is 12.3 Å². The fraction of sp³-hybridized carbons (Fsp3) is 0.571. The minimum Gasteiger partial charge on any atom is -0.396 e. The highest BCUT2D eigenvalue weighted by molar-refractivity contribution is 7.89. The first kappa shape index (κ1) is 16.9. The van der Waals surface area contributed by atoms with E-state index in [-0.39, 0.29) is 20.6 Å². The lowest BCUT2D eigenvalue weighted by molar-refractivity contribution is 0.480.